The Labute approximate surface area is 197 Å². The number of anilines is 1. The molecule has 0 spiro atoms. The summed E-state index contributed by atoms with van der Waals surface area (Å²) in [5.74, 6) is 1.64. The fraction of sp³-hybridized carbons (Fsp3) is 0.417. The molecule has 2 aromatic carbocycles. The number of nitrogens with zero attached hydrogens (tertiary/aromatic N) is 2. The first-order valence-corrected chi connectivity index (χ1v) is 10.4. The van der Waals surface area contributed by atoms with Crippen LogP contribution in [0.5, 0.6) is 0 Å². The number of rotatable bonds is 6. The number of amides is 1. The fourth-order valence-corrected chi connectivity index (χ4v) is 3.64. The summed E-state index contributed by atoms with van der Waals surface area (Å²) in [6, 6.07) is 18.7. The van der Waals surface area contributed by atoms with Gasteiger partial charge in [0.25, 0.3) is 0 Å². The number of aliphatic imine (C=N–C) groups is 1. The van der Waals surface area contributed by atoms with E-state index < -0.39 is 0 Å². The lowest BCUT2D eigenvalue weighted by Gasteiger charge is -2.22. The molecule has 30 heavy (non-hydrogen) atoms. The fourth-order valence-electron chi connectivity index (χ4n) is 3.64. The number of carbonyl (C=O) groups is 1. The molecule has 1 aliphatic heterocycles. The van der Waals surface area contributed by atoms with Crippen molar-refractivity contribution in [2.24, 2.45) is 16.8 Å². The standard InChI is InChI=1S/C24H32N4O.HI/c1-18(2)23(29)27-22-11-9-20(10-12-22)16-26-24(25-3)28-14-13-21(17-28)15-19-7-5-4-6-8-19;/h4-12,18,21H,13-17H2,1-3H3,(H,25,26)(H,27,29);1H. The minimum Gasteiger partial charge on any atom is -0.352 e. The summed E-state index contributed by atoms with van der Waals surface area (Å²) in [5.41, 5.74) is 3.40. The predicted molar refractivity (Wildman–Crippen MR) is 135 cm³/mol. The molecule has 1 heterocycles. The van der Waals surface area contributed by atoms with E-state index in [2.05, 4.69) is 50.9 Å². The third-order valence-electron chi connectivity index (χ3n) is 5.36. The molecule has 162 valence electrons. The van der Waals surface area contributed by atoms with E-state index in [1.165, 1.54) is 12.0 Å². The number of benzene rings is 2. The third kappa shape index (κ3) is 7.00. The van der Waals surface area contributed by atoms with Crippen LogP contribution in [-0.4, -0.2) is 36.9 Å². The van der Waals surface area contributed by atoms with Gasteiger partial charge in [-0.25, -0.2) is 0 Å². The van der Waals surface area contributed by atoms with Crippen molar-refractivity contribution in [3.63, 3.8) is 0 Å². The van der Waals surface area contributed by atoms with Crippen LogP contribution >= 0.6 is 24.0 Å². The van der Waals surface area contributed by atoms with E-state index >= 15 is 0 Å². The number of nitrogens with one attached hydrogen (secondary N) is 2. The summed E-state index contributed by atoms with van der Waals surface area (Å²) in [7, 11) is 1.84. The van der Waals surface area contributed by atoms with Crippen molar-refractivity contribution >= 4 is 41.5 Å². The van der Waals surface area contributed by atoms with Crippen molar-refractivity contribution in [1.82, 2.24) is 10.2 Å². The zero-order valence-corrected chi connectivity index (χ0v) is 20.4. The van der Waals surface area contributed by atoms with Crippen LogP contribution in [0.1, 0.15) is 31.4 Å². The Morgan fingerprint density at radius 3 is 2.43 bits per heavy atom. The van der Waals surface area contributed by atoms with Crippen molar-refractivity contribution in [3.05, 3.63) is 65.7 Å². The molecule has 1 fully saturated rings. The maximum Gasteiger partial charge on any atom is 0.226 e. The molecule has 0 radical (unpaired) electrons. The second-order valence-corrected chi connectivity index (χ2v) is 8.03. The van der Waals surface area contributed by atoms with Crippen molar-refractivity contribution < 1.29 is 4.79 Å². The van der Waals surface area contributed by atoms with Crippen LogP contribution in [0.15, 0.2) is 59.6 Å². The van der Waals surface area contributed by atoms with E-state index in [4.69, 9.17) is 0 Å². The lowest BCUT2D eigenvalue weighted by atomic mass is 9.99. The van der Waals surface area contributed by atoms with Crippen LogP contribution in [0.25, 0.3) is 0 Å². The van der Waals surface area contributed by atoms with Gasteiger partial charge < -0.3 is 15.5 Å². The maximum atomic E-state index is 11.8. The Kier molecular flexibility index (Phi) is 9.62. The second-order valence-electron chi connectivity index (χ2n) is 8.03. The number of guanidine groups is 1. The molecule has 1 saturated heterocycles. The van der Waals surface area contributed by atoms with Crippen LogP contribution in [0.3, 0.4) is 0 Å². The molecule has 0 aliphatic carbocycles. The first-order chi connectivity index (χ1) is 14.0. The van der Waals surface area contributed by atoms with E-state index in [9.17, 15) is 4.79 Å². The summed E-state index contributed by atoms with van der Waals surface area (Å²) in [6.45, 7) is 6.57. The molecule has 2 N–H and O–H groups in total. The molecular formula is C24H33IN4O. The van der Waals surface area contributed by atoms with Gasteiger partial charge in [-0.05, 0) is 42.0 Å². The van der Waals surface area contributed by atoms with Gasteiger partial charge in [0.15, 0.2) is 5.96 Å². The first kappa shape index (κ1) is 24.2. The SMILES string of the molecule is CN=C(NCc1ccc(NC(=O)C(C)C)cc1)N1CCC(Cc2ccccc2)C1.I. The quantitative estimate of drug-likeness (QED) is 0.334. The first-order valence-electron chi connectivity index (χ1n) is 10.4. The molecule has 5 nitrogen and oxygen atoms in total. The highest BCUT2D eigenvalue weighted by Crippen LogP contribution is 2.21. The number of hydrogen-bond acceptors (Lipinski definition) is 2. The van der Waals surface area contributed by atoms with E-state index in [-0.39, 0.29) is 35.8 Å². The zero-order chi connectivity index (χ0) is 20.6. The summed E-state index contributed by atoms with van der Waals surface area (Å²) in [5, 5.41) is 6.40. The van der Waals surface area contributed by atoms with Crippen molar-refractivity contribution in [3.8, 4) is 0 Å². The largest absolute Gasteiger partial charge is 0.352 e. The van der Waals surface area contributed by atoms with Gasteiger partial charge in [-0.15, -0.1) is 24.0 Å². The maximum absolute atomic E-state index is 11.8. The third-order valence-corrected chi connectivity index (χ3v) is 5.36. The summed E-state index contributed by atoms with van der Waals surface area (Å²) in [6.07, 6.45) is 2.32. The lowest BCUT2D eigenvalue weighted by molar-refractivity contribution is -0.118. The molecule has 1 atom stereocenters. The number of likely N-dealkylation sites (tertiary alicyclic amines) is 1. The van der Waals surface area contributed by atoms with Gasteiger partial charge in [0.2, 0.25) is 5.91 Å². The van der Waals surface area contributed by atoms with Gasteiger partial charge in [-0.1, -0.05) is 56.3 Å². The van der Waals surface area contributed by atoms with Crippen LogP contribution in [0, 0.1) is 11.8 Å². The predicted octanol–water partition coefficient (Wildman–Crippen LogP) is 4.54. The normalized spacial score (nSPS) is 16.3. The number of halogens is 1. The summed E-state index contributed by atoms with van der Waals surface area (Å²) in [4.78, 5) is 18.6. The molecule has 0 saturated carbocycles. The molecule has 6 heteroatoms. The molecule has 1 aliphatic rings. The highest BCUT2D eigenvalue weighted by molar-refractivity contribution is 14.0. The van der Waals surface area contributed by atoms with E-state index in [1.54, 1.807) is 0 Å². The Hall–Kier alpha value is -2.09. The van der Waals surface area contributed by atoms with Crippen LogP contribution in [0.4, 0.5) is 5.69 Å². The Morgan fingerprint density at radius 1 is 1.10 bits per heavy atom. The topological polar surface area (TPSA) is 56.7 Å². The van der Waals surface area contributed by atoms with Crippen molar-refractivity contribution in [2.75, 3.05) is 25.5 Å². The molecular weight excluding hydrogens is 487 g/mol. The van der Waals surface area contributed by atoms with E-state index in [0.29, 0.717) is 12.5 Å². The highest BCUT2D eigenvalue weighted by atomic mass is 127. The Morgan fingerprint density at radius 2 is 1.80 bits per heavy atom. The van der Waals surface area contributed by atoms with Crippen LogP contribution in [0.2, 0.25) is 0 Å². The summed E-state index contributed by atoms with van der Waals surface area (Å²) < 4.78 is 0. The van der Waals surface area contributed by atoms with Crippen LogP contribution < -0.4 is 10.6 Å². The van der Waals surface area contributed by atoms with Gasteiger partial charge in [0.05, 0.1) is 0 Å². The Bertz CT molecular complexity index is 821. The van der Waals surface area contributed by atoms with Crippen LogP contribution in [-0.2, 0) is 17.8 Å². The van der Waals surface area contributed by atoms with Gasteiger partial charge in [-0.3, -0.25) is 9.79 Å². The van der Waals surface area contributed by atoms with Crippen molar-refractivity contribution in [1.29, 1.82) is 0 Å². The molecule has 0 aromatic heterocycles. The minimum absolute atomic E-state index is 0. The van der Waals surface area contributed by atoms with Gasteiger partial charge in [-0.2, -0.15) is 0 Å². The second kappa shape index (κ2) is 11.9. The average Bonchev–Trinajstić information content (AvgIpc) is 3.18. The van der Waals surface area contributed by atoms with E-state index in [1.807, 2.05) is 45.2 Å². The molecule has 1 unspecified atom stereocenters. The lowest BCUT2D eigenvalue weighted by Crippen LogP contribution is -2.39. The summed E-state index contributed by atoms with van der Waals surface area (Å²) >= 11 is 0. The minimum atomic E-state index is -0.0224. The average molecular weight is 520 g/mol. The number of carbonyl (C=O) groups excluding carboxylic acids is 1. The smallest absolute Gasteiger partial charge is 0.226 e. The van der Waals surface area contributed by atoms with Gasteiger partial charge in [0.1, 0.15) is 0 Å². The van der Waals surface area contributed by atoms with Gasteiger partial charge >= 0.3 is 0 Å². The van der Waals surface area contributed by atoms with Crippen molar-refractivity contribution in [2.45, 2.75) is 33.2 Å². The molecule has 3 rings (SSSR count). The highest BCUT2D eigenvalue weighted by Gasteiger charge is 2.24. The van der Waals surface area contributed by atoms with E-state index in [0.717, 1.165) is 36.7 Å². The molecule has 1 amide bonds. The molecule has 2 aromatic rings. The zero-order valence-electron chi connectivity index (χ0n) is 18.1. The number of hydrogen-bond donors (Lipinski definition) is 2. The Balaban J connectivity index is 0.00000320. The monoisotopic (exact) mass is 520 g/mol. The van der Waals surface area contributed by atoms with Gasteiger partial charge in [0, 0.05) is 38.3 Å². The molecule has 0 bridgehead atoms.